The van der Waals surface area contributed by atoms with E-state index in [1.54, 1.807) is 6.07 Å². The molecule has 110 valence electrons. The van der Waals surface area contributed by atoms with Gasteiger partial charge in [0.05, 0.1) is 12.0 Å². The minimum atomic E-state index is -1.07. The molecule has 0 bridgehead atoms. The lowest BCUT2D eigenvalue weighted by Crippen LogP contribution is -2.37. The standard InChI is InChI=1S/C15H20FNO3/c1-9(2)14(17)13(18)8-11(15(19)20)6-10-4-3-5-12(16)7-10/h3-5,7,9,11,14H,6,8,17H2,1-2H3,(H,19,20)/t11?,14-/m0/s1. The number of carbonyl (C=O) groups is 2. The van der Waals surface area contributed by atoms with E-state index in [2.05, 4.69) is 0 Å². The van der Waals surface area contributed by atoms with Crippen molar-refractivity contribution < 1.29 is 19.1 Å². The van der Waals surface area contributed by atoms with Gasteiger partial charge in [-0.3, -0.25) is 9.59 Å². The van der Waals surface area contributed by atoms with Crippen LogP contribution in [0.1, 0.15) is 25.8 Å². The molecule has 0 saturated carbocycles. The van der Waals surface area contributed by atoms with E-state index in [4.69, 9.17) is 5.73 Å². The molecule has 0 radical (unpaired) electrons. The predicted molar refractivity (Wildman–Crippen MR) is 73.7 cm³/mol. The van der Waals surface area contributed by atoms with Gasteiger partial charge in [-0.25, -0.2) is 4.39 Å². The summed E-state index contributed by atoms with van der Waals surface area (Å²) in [7, 11) is 0. The van der Waals surface area contributed by atoms with Gasteiger partial charge < -0.3 is 10.8 Å². The number of aliphatic carboxylic acids is 1. The zero-order valence-corrected chi connectivity index (χ0v) is 11.7. The summed E-state index contributed by atoms with van der Waals surface area (Å²) >= 11 is 0. The highest BCUT2D eigenvalue weighted by Gasteiger charge is 2.26. The van der Waals surface area contributed by atoms with Gasteiger partial charge in [0.2, 0.25) is 0 Å². The third-order valence-electron chi connectivity index (χ3n) is 3.26. The highest BCUT2D eigenvalue weighted by atomic mass is 19.1. The van der Waals surface area contributed by atoms with E-state index < -0.39 is 23.7 Å². The van der Waals surface area contributed by atoms with Crippen molar-refractivity contribution in [3.8, 4) is 0 Å². The van der Waals surface area contributed by atoms with Crippen LogP contribution in [-0.2, 0) is 16.0 Å². The lowest BCUT2D eigenvalue weighted by molar-refractivity contribution is -0.144. The van der Waals surface area contributed by atoms with Gasteiger partial charge in [-0.15, -0.1) is 0 Å². The molecule has 1 unspecified atom stereocenters. The summed E-state index contributed by atoms with van der Waals surface area (Å²) in [5, 5.41) is 9.19. The number of rotatable bonds is 7. The van der Waals surface area contributed by atoms with Gasteiger partial charge in [0.1, 0.15) is 5.82 Å². The van der Waals surface area contributed by atoms with Crippen molar-refractivity contribution in [3.63, 3.8) is 0 Å². The van der Waals surface area contributed by atoms with E-state index in [0.29, 0.717) is 5.56 Å². The molecule has 0 spiro atoms. The molecule has 0 aliphatic heterocycles. The smallest absolute Gasteiger partial charge is 0.307 e. The number of halogens is 1. The minimum absolute atomic E-state index is 0.0360. The maximum atomic E-state index is 13.1. The molecule has 2 atom stereocenters. The summed E-state index contributed by atoms with van der Waals surface area (Å²) in [6, 6.07) is 5.07. The summed E-state index contributed by atoms with van der Waals surface area (Å²) in [6.07, 6.45) is -0.0190. The molecule has 1 rings (SSSR count). The molecule has 3 N–H and O–H groups in total. The zero-order chi connectivity index (χ0) is 15.3. The van der Waals surface area contributed by atoms with Crippen molar-refractivity contribution >= 4 is 11.8 Å². The summed E-state index contributed by atoms with van der Waals surface area (Å²) in [5.74, 6) is -2.68. The summed E-state index contributed by atoms with van der Waals surface area (Å²) in [4.78, 5) is 23.1. The largest absolute Gasteiger partial charge is 0.481 e. The molecule has 0 fully saturated rings. The first-order chi connectivity index (χ1) is 9.31. The predicted octanol–water partition coefficient (Wildman–Crippen LogP) is 2.01. The molecule has 5 heteroatoms. The van der Waals surface area contributed by atoms with Gasteiger partial charge in [0.25, 0.3) is 0 Å². The second kappa shape index (κ2) is 7.14. The molecular weight excluding hydrogens is 261 g/mol. The molecule has 4 nitrogen and oxygen atoms in total. The number of Topliss-reactive ketones (excluding diaryl/α,β-unsaturated/α-hetero) is 1. The summed E-state index contributed by atoms with van der Waals surface area (Å²) < 4.78 is 13.1. The second-order valence-electron chi connectivity index (χ2n) is 5.31. The Bertz CT molecular complexity index is 488. The zero-order valence-electron chi connectivity index (χ0n) is 11.7. The van der Waals surface area contributed by atoms with Gasteiger partial charge in [-0.2, -0.15) is 0 Å². The quantitative estimate of drug-likeness (QED) is 0.801. The summed E-state index contributed by atoms with van der Waals surface area (Å²) in [6.45, 7) is 3.62. The Labute approximate surface area is 117 Å². The van der Waals surface area contributed by atoms with Crippen molar-refractivity contribution in [2.24, 2.45) is 17.6 Å². The number of carbonyl (C=O) groups excluding carboxylic acids is 1. The van der Waals surface area contributed by atoms with Gasteiger partial charge in [0, 0.05) is 6.42 Å². The first kappa shape index (κ1) is 16.3. The average Bonchev–Trinajstić information content (AvgIpc) is 2.36. The SMILES string of the molecule is CC(C)[C@H](N)C(=O)CC(Cc1cccc(F)c1)C(=O)O. The van der Waals surface area contributed by atoms with E-state index in [1.165, 1.54) is 18.2 Å². The van der Waals surface area contributed by atoms with Crippen molar-refractivity contribution in [2.75, 3.05) is 0 Å². The minimum Gasteiger partial charge on any atom is -0.481 e. The Hall–Kier alpha value is -1.75. The Balaban J connectivity index is 2.75. The number of ketones is 1. The molecule has 1 aromatic rings. The molecule has 0 aromatic heterocycles. The topological polar surface area (TPSA) is 80.4 Å². The number of benzene rings is 1. The van der Waals surface area contributed by atoms with Crippen LogP contribution in [0.4, 0.5) is 4.39 Å². The lowest BCUT2D eigenvalue weighted by Gasteiger charge is -2.17. The fourth-order valence-electron chi connectivity index (χ4n) is 1.95. The molecule has 0 heterocycles. The van der Waals surface area contributed by atoms with E-state index in [-0.39, 0.29) is 24.5 Å². The van der Waals surface area contributed by atoms with E-state index in [9.17, 15) is 19.1 Å². The number of carboxylic acid groups (broad SMARTS) is 1. The average molecular weight is 281 g/mol. The first-order valence-corrected chi connectivity index (χ1v) is 6.56. The van der Waals surface area contributed by atoms with Gasteiger partial charge in [-0.05, 0) is 30.0 Å². The van der Waals surface area contributed by atoms with Gasteiger partial charge >= 0.3 is 5.97 Å². The van der Waals surface area contributed by atoms with Crippen LogP contribution >= 0.6 is 0 Å². The van der Waals surface area contributed by atoms with Crippen LogP contribution in [0.3, 0.4) is 0 Å². The van der Waals surface area contributed by atoms with Crippen LogP contribution in [0.2, 0.25) is 0 Å². The Kier molecular flexibility index (Phi) is 5.82. The highest BCUT2D eigenvalue weighted by molar-refractivity contribution is 5.87. The molecular formula is C15H20FNO3. The number of hydrogen-bond acceptors (Lipinski definition) is 3. The molecule has 0 aliphatic carbocycles. The molecule has 0 amide bonds. The first-order valence-electron chi connectivity index (χ1n) is 6.56. The second-order valence-corrected chi connectivity index (χ2v) is 5.31. The fourth-order valence-corrected chi connectivity index (χ4v) is 1.95. The van der Waals surface area contributed by atoms with E-state index in [0.717, 1.165) is 0 Å². The van der Waals surface area contributed by atoms with E-state index >= 15 is 0 Å². The highest BCUT2D eigenvalue weighted by Crippen LogP contribution is 2.16. The van der Waals surface area contributed by atoms with Crippen LogP contribution < -0.4 is 5.73 Å². The third kappa shape index (κ3) is 4.74. The molecule has 20 heavy (non-hydrogen) atoms. The third-order valence-corrected chi connectivity index (χ3v) is 3.26. The normalized spacial score (nSPS) is 14.1. The Morgan fingerprint density at radius 2 is 2.00 bits per heavy atom. The number of nitrogens with two attached hydrogens (primary N) is 1. The van der Waals surface area contributed by atoms with Crippen LogP contribution in [0.25, 0.3) is 0 Å². The van der Waals surface area contributed by atoms with Gasteiger partial charge in [0.15, 0.2) is 5.78 Å². The van der Waals surface area contributed by atoms with Crippen LogP contribution in [0.5, 0.6) is 0 Å². The number of carboxylic acids is 1. The maximum absolute atomic E-state index is 13.1. The Morgan fingerprint density at radius 3 is 2.50 bits per heavy atom. The Morgan fingerprint density at radius 1 is 1.35 bits per heavy atom. The fraction of sp³-hybridized carbons (Fsp3) is 0.467. The van der Waals surface area contributed by atoms with Crippen molar-refractivity contribution in [1.29, 1.82) is 0 Å². The van der Waals surface area contributed by atoms with Crippen LogP contribution in [0, 0.1) is 17.7 Å². The van der Waals surface area contributed by atoms with Crippen molar-refractivity contribution in [3.05, 3.63) is 35.6 Å². The van der Waals surface area contributed by atoms with Crippen molar-refractivity contribution in [2.45, 2.75) is 32.7 Å². The summed E-state index contributed by atoms with van der Waals surface area (Å²) in [5.41, 5.74) is 6.28. The van der Waals surface area contributed by atoms with Crippen LogP contribution in [0.15, 0.2) is 24.3 Å². The van der Waals surface area contributed by atoms with Crippen LogP contribution in [-0.4, -0.2) is 22.9 Å². The molecule has 1 aromatic carbocycles. The molecule has 0 aliphatic rings. The van der Waals surface area contributed by atoms with E-state index in [1.807, 2.05) is 13.8 Å². The van der Waals surface area contributed by atoms with Crippen molar-refractivity contribution in [1.82, 2.24) is 0 Å². The lowest BCUT2D eigenvalue weighted by atomic mass is 9.89. The maximum Gasteiger partial charge on any atom is 0.307 e. The molecule has 0 saturated heterocycles. The monoisotopic (exact) mass is 281 g/mol. The van der Waals surface area contributed by atoms with Gasteiger partial charge in [-0.1, -0.05) is 26.0 Å². The number of hydrogen-bond donors (Lipinski definition) is 2.